The molecule has 2 aromatic carbocycles. The molecule has 174 valence electrons. The highest BCUT2D eigenvalue weighted by atomic mass is 19.1. The van der Waals surface area contributed by atoms with Crippen LogP contribution in [0.3, 0.4) is 0 Å². The molecular weight excluding hydrogens is 428 g/mol. The Bertz CT molecular complexity index is 1120. The van der Waals surface area contributed by atoms with Crippen LogP contribution in [-0.4, -0.2) is 33.0 Å². The van der Waals surface area contributed by atoms with Crippen molar-refractivity contribution in [1.82, 2.24) is 4.57 Å². The highest BCUT2D eigenvalue weighted by Gasteiger charge is 2.19. The van der Waals surface area contributed by atoms with Crippen molar-refractivity contribution >= 4 is 12.2 Å². The number of rotatable bonds is 9. The van der Waals surface area contributed by atoms with Gasteiger partial charge in [-0.2, -0.15) is 0 Å². The van der Waals surface area contributed by atoms with E-state index in [1.165, 1.54) is 30.3 Å². The average Bonchev–Trinajstić information content (AvgIpc) is 3.12. The van der Waals surface area contributed by atoms with Crippen molar-refractivity contribution in [2.75, 3.05) is 0 Å². The van der Waals surface area contributed by atoms with Gasteiger partial charge < -0.3 is 24.7 Å². The fourth-order valence-corrected chi connectivity index (χ4v) is 3.72. The highest BCUT2D eigenvalue weighted by molar-refractivity contribution is 5.84. The molecule has 0 spiro atoms. The van der Waals surface area contributed by atoms with Gasteiger partial charge in [0.1, 0.15) is 11.6 Å². The molecule has 0 radical (unpaired) electrons. The lowest BCUT2D eigenvalue weighted by Gasteiger charge is -2.16. The van der Waals surface area contributed by atoms with Crippen LogP contribution in [0.25, 0.3) is 28.6 Å². The first-order chi connectivity index (χ1) is 15.7. The Morgan fingerprint density at radius 2 is 1.55 bits per heavy atom. The molecule has 0 saturated heterocycles. The number of halogens is 2. The van der Waals surface area contributed by atoms with E-state index in [0.29, 0.717) is 0 Å². The minimum absolute atomic E-state index is 0.0730. The number of carboxylic acids is 1. The molecule has 0 aliphatic heterocycles. The van der Waals surface area contributed by atoms with E-state index in [2.05, 4.69) is 0 Å². The fourth-order valence-electron chi connectivity index (χ4n) is 3.72. The topological polar surface area (TPSA) is 85.5 Å². The summed E-state index contributed by atoms with van der Waals surface area (Å²) in [6.07, 6.45) is 0.0385. The van der Waals surface area contributed by atoms with E-state index in [1.807, 2.05) is 24.5 Å². The van der Waals surface area contributed by atoms with Gasteiger partial charge in [-0.1, -0.05) is 26.0 Å². The maximum atomic E-state index is 13.6. The van der Waals surface area contributed by atoms with Crippen LogP contribution >= 0.6 is 0 Å². The summed E-state index contributed by atoms with van der Waals surface area (Å²) >= 11 is 0. The number of aliphatic carboxylic acids is 1. The standard InChI is InChI=1S/C26H27F2NO4/c1-16(2)24-15-23(17-3-7-19(27)8-4-17)26(18-5-9-20(28)10-6-18)29(24)12-11-21(30)13-22(31)14-25(32)33/h3-12,15-16,21-22,30-31H,13-14H2,1-2H3,(H,32,33)/p-1/b12-11+/t21-,22-/m1/s1. The first kappa shape index (κ1) is 24.4. The molecule has 1 heterocycles. The van der Waals surface area contributed by atoms with E-state index < -0.39 is 24.6 Å². The first-order valence-corrected chi connectivity index (χ1v) is 10.7. The van der Waals surface area contributed by atoms with E-state index in [-0.39, 0.29) is 24.0 Å². The molecule has 3 rings (SSSR count). The van der Waals surface area contributed by atoms with Gasteiger partial charge in [-0.05, 0) is 65.6 Å². The number of carbonyl (C=O) groups excluding carboxylic acids is 1. The van der Waals surface area contributed by atoms with Gasteiger partial charge in [0.05, 0.1) is 17.9 Å². The summed E-state index contributed by atoms with van der Waals surface area (Å²) in [6, 6.07) is 14.0. The number of aliphatic hydroxyl groups excluding tert-OH is 2. The van der Waals surface area contributed by atoms with Crippen LogP contribution in [-0.2, 0) is 4.79 Å². The monoisotopic (exact) mass is 454 g/mol. The number of hydrogen-bond acceptors (Lipinski definition) is 4. The van der Waals surface area contributed by atoms with Gasteiger partial charge in [-0.15, -0.1) is 0 Å². The first-order valence-electron chi connectivity index (χ1n) is 10.7. The molecule has 0 saturated carbocycles. The molecule has 3 aromatic rings. The molecule has 2 N–H and O–H groups in total. The lowest BCUT2D eigenvalue weighted by Crippen LogP contribution is -2.29. The molecule has 5 nitrogen and oxygen atoms in total. The Kier molecular flexibility index (Phi) is 7.79. The summed E-state index contributed by atoms with van der Waals surface area (Å²) in [5.74, 6) is -2.06. The molecule has 33 heavy (non-hydrogen) atoms. The summed E-state index contributed by atoms with van der Waals surface area (Å²) in [6.45, 7) is 4.01. The third kappa shape index (κ3) is 6.15. The molecule has 0 bridgehead atoms. The second-order valence-corrected chi connectivity index (χ2v) is 8.24. The van der Waals surface area contributed by atoms with Crippen LogP contribution in [0.4, 0.5) is 8.78 Å². The lowest BCUT2D eigenvalue weighted by molar-refractivity contribution is -0.307. The number of hydrogen-bond donors (Lipinski definition) is 2. The summed E-state index contributed by atoms with van der Waals surface area (Å²) < 4.78 is 29.0. The third-order valence-corrected chi connectivity index (χ3v) is 5.30. The van der Waals surface area contributed by atoms with Crippen molar-refractivity contribution in [3.63, 3.8) is 0 Å². The summed E-state index contributed by atoms with van der Waals surface area (Å²) in [4.78, 5) is 10.6. The van der Waals surface area contributed by atoms with Gasteiger partial charge >= 0.3 is 0 Å². The summed E-state index contributed by atoms with van der Waals surface area (Å²) in [5.41, 5.74) is 3.92. The average molecular weight is 454 g/mol. The Morgan fingerprint density at radius 1 is 1.00 bits per heavy atom. The van der Waals surface area contributed by atoms with Gasteiger partial charge in [0, 0.05) is 36.3 Å². The van der Waals surface area contributed by atoms with Crippen molar-refractivity contribution < 1.29 is 28.9 Å². The predicted molar refractivity (Wildman–Crippen MR) is 121 cm³/mol. The van der Waals surface area contributed by atoms with E-state index >= 15 is 0 Å². The van der Waals surface area contributed by atoms with Gasteiger partial charge in [0.25, 0.3) is 0 Å². The Labute approximate surface area is 191 Å². The van der Waals surface area contributed by atoms with Crippen LogP contribution in [0.2, 0.25) is 0 Å². The maximum absolute atomic E-state index is 13.6. The van der Waals surface area contributed by atoms with E-state index in [4.69, 9.17) is 0 Å². The molecule has 0 unspecified atom stereocenters. The van der Waals surface area contributed by atoms with Gasteiger partial charge in [0.15, 0.2) is 0 Å². The lowest BCUT2D eigenvalue weighted by atomic mass is 10.0. The zero-order chi connectivity index (χ0) is 24.1. The van der Waals surface area contributed by atoms with Crippen molar-refractivity contribution in [2.24, 2.45) is 0 Å². The minimum atomic E-state index is -1.39. The second kappa shape index (κ2) is 10.6. The van der Waals surface area contributed by atoms with Gasteiger partial charge in [-0.3, -0.25) is 0 Å². The Morgan fingerprint density at radius 3 is 2.06 bits per heavy atom. The molecule has 0 aliphatic rings. The van der Waals surface area contributed by atoms with Gasteiger partial charge in [0.2, 0.25) is 0 Å². The zero-order valence-corrected chi connectivity index (χ0v) is 18.4. The molecule has 0 fully saturated rings. The molecular formula is C26H26F2NO4-. The van der Waals surface area contributed by atoms with Crippen molar-refractivity contribution in [2.45, 2.75) is 44.8 Å². The SMILES string of the molecule is CC(C)c1cc(-c2ccc(F)cc2)c(-c2ccc(F)cc2)n1/C=C/[C@@H](O)C[C@@H](O)CC(=O)[O-]. The summed E-state index contributed by atoms with van der Waals surface area (Å²) in [7, 11) is 0. The molecule has 1 aromatic heterocycles. The predicted octanol–water partition coefficient (Wildman–Crippen LogP) is 3.95. The fraction of sp³-hybridized carbons (Fsp3) is 0.269. The van der Waals surface area contributed by atoms with E-state index in [9.17, 15) is 28.9 Å². The van der Waals surface area contributed by atoms with Crippen LogP contribution < -0.4 is 5.11 Å². The van der Waals surface area contributed by atoms with Crippen molar-refractivity contribution in [3.05, 3.63) is 78.0 Å². The number of aliphatic hydroxyl groups is 2. The molecule has 2 atom stereocenters. The number of benzene rings is 2. The highest BCUT2D eigenvalue weighted by Crippen LogP contribution is 2.38. The second-order valence-electron chi connectivity index (χ2n) is 8.24. The smallest absolute Gasteiger partial charge is 0.123 e. The van der Waals surface area contributed by atoms with E-state index in [0.717, 1.165) is 28.1 Å². The van der Waals surface area contributed by atoms with Crippen LogP contribution in [0.5, 0.6) is 0 Å². The minimum Gasteiger partial charge on any atom is -0.550 e. The number of carboxylic acid groups (broad SMARTS) is 1. The Balaban J connectivity index is 2.10. The largest absolute Gasteiger partial charge is 0.550 e. The molecule has 0 aliphatic carbocycles. The summed E-state index contributed by atoms with van der Waals surface area (Å²) in [5, 5.41) is 30.7. The zero-order valence-electron chi connectivity index (χ0n) is 18.4. The Hall–Kier alpha value is -3.29. The number of carbonyl (C=O) groups is 1. The number of nitrogens with zero attached hydrogens (tertiary/aromatic N) is 1. The third-order valence-electron chi connectivity index (χ3n) is 5.30. The quantitative estimate of drug-likeness (QED) is 0.513. The van der Waals surface area contributed by atoms with Crippen molar-refractivity contribution in [3.8, 4) is 22.4 Å². The van der Waals surface area contributed by atoms with Gasteiger partial charge in [-0.25, -0.2) is 8.78 Å². The van der Waals surface area contributed by atoms with Crippen LogP contribution in [0.1, 0.15) is 38.3 Å². The van der Waals surface area contributed by atoms with Crippen molar-refractivity contribution in [1.29, 1.82) is 0 Å². The number of aromatic nitrogens is 1. The molecule has 0 amide bonds. The molecule has 7 heteroatoms. The van der Waals surface area contributed by atoms with E-state index in [1.54, 1.807) is 30.5 Å². The maximum Gasteiger partial charge on any atom is 0.123 e. The normalized spacial score (nSPS) is 13.5. The van der Waals surface area contributed by atoms with Crippen LogP contribution in [0, 0.1) is 11.6 Å². The van der Waals surface area contributed by atoms with Crippen LogP contribution in [0.15, 0.2) is 60.7 Å².